The number of nitrogens with zero attached hydrogens (tertiary/aromatic N) is 2. The van der Waals surface area contributed by atoms with E-state index in [1.54, 1.807) is 28.4 Å². The zero-order chi connectivity index (χ0) is 24.7. The van der Waals surface area contributed by atoms with Gasteiger partial charge in [0.05, 0.1) is 13.0 Å². The van der Waals surface area contributed by atoms with E-state index < -0.39 is 5.41 Å². The van der Waals surface area contributed by atoms with E-state index in [1.165, 1.54) is 0 Å². The molecule has 3 aromatic rings. The molecule has 4 rings (SSSR count). The predicted octanol–water partition coefficient (Wildman–Crippen LogP) is 5.68. The van der Waals surface area contributed by atoms with Gasteiger partial charge in [-0.15, -0.1) is 11.3 Å². The normalized spacial score (nSPS) is 17.7. The first-order valence-corrected chi connectivity index (χ1v) is 13.1. The third-order valence-corrected chi connectivity index (χ3v) is 7.62. The molecule has 5 nitrogen and oxygen atoms in total. The van der Waals surface area contributed by atoms with Gasteiger partial charge in [0.2, 0.25) is 11.8 Å². The molecule has 2 aromatic carbocycles. The van der Waals surface area contributed by atoms with E-state index in [0.29, 0.717) is 49.9 Å². The number of rotatable bonds is 9. The van der Waals surface area contributed by atoms with E-state index in [4.69, 9.17) is 16.3 Å². The molecule has 7 heteroatoms. The molecule has 1 saturated heterocycles. The summed E-state index contributed by atoms with van der Waals surface area (Å²) in [6.45, 7) is 2.13. The van der Waals surface area contributed by atoms with Gasteiger partial charge < -0.3 is 14.5 Å². The number of halogens is 1. The minimum absolute atomic E-state index is 0.0566. The van der Waals surface area contributed by atoms with Crippen LogP contribution in [0.25, 0.3) is 0 Å². The Morgan fingerprint density at radius 3 is 2.57 bits per heavy atom. The van der Waals surface area contributed by atoms with Crippen LogP contribution >= 0.6 is 22.9 Å². The highest BCUT2D eigenvalue weighted by molar-refractivity contribution is 7.10. The lowest BCUT2D eigenvalue weighted by Crippen LogP contribution is -2.51. The molecule has 1 aliphatic heterocycles. The van der Waals surface area contributed by atoms with Gasteiger partial charge >= 0.3 is 0 Å². The summed E-state index contributed by atoms with van der Waals surface area (Å²) >= 11 is 7.62. The van der Waals surface area contributed by atoms with Crippen molar-refractivity contribution in [1.82, 2.24) is 9.80 Å². The number of likely N-dealkylation sites (tertiary alicyclic amines) is 1. The molecule has 1 atom stereocenters. The second-order valence-electron chi connectivity index (χ2n) is 9.33. The van der Waals surface area contributed by atoms with E-state index >= 15 is 0 Å². The second kappa shape index (κ2) is 11.7. The van der Waals surface area contributed by atoms with Gasteiger partial charge in [0, 0.05) is 48.4 Å². The first-order chi connectivity index (χ1) is 16.9. The molecule has 0 saturated carbocycles. The molecule has 0 unspecified atom stereocenters. The lowest BCUT2D eigenvalue weighted by molar-refractivity contribution is -0.140. The standard InChI is InChI=1S/C28H31ClN2O3S/c1-30(19-22-7-3-2-4-8-22)27(33)18-28(21-34-24-12-10-23(29)11-13-24)14-6-15-31(20-28)26(32)17-25-9-5-16-35-25/h2-5,7-13,16H,6,14-15,17-21H2,1H3/t28-/m0/s1. The minimum atomic E-state index is -0.453. The smallest absolute Gasteiger partial charge is 0.227 e. The molecular weight excluding hydrogens is 480 g/mol. The summed E-state index contributed by atoms with van der Waals surface area (Å²) in [6.07, 6.45) is 2.39. The number of carbonyl (C=O) groups excluding carboxylic acids is 2. The van der Waals surface area contributed by atoms with Crippen LogP contribution in [0.15, 0.2) is 72.1 Å². The summed E-state index contributed by atoms with van der Waals surface area (Å²) in [5.74, 6) is 0.870. The Hall–Kier alpha value is -2.83. The summed E-state index contributed by atoms with van der Waals surface area (Å²) in [4.78, 5) is 31.2. The maximum atomic E-state index is 13.4. The van der Waals surface area contributed by atoms with Crippen molar-refractivity contribution in [3.63, 3.8) is 0 Å². The molecule has 0 N–H and O–H groups in total. The lowest BCUT2D eigenvalue weighted by atomic mass is 9.77. The summed E-state index contributed by atoms with van der Waals surface area (Å²) in [5.41, 5.74) is 0.636. The number of carbonyl (C=O) groups is 2. The molecule has 184 valence electrons. The Balaban J connectivity index is 1.48. The zero-order valence-electron chi connectivity index (χ0n) is 20.0. The van der Waals surface area contributed by atoms with Crippen LogP contribution in [0.1, 0.15) is 29.7 Å². The number of hydrogen-bond acceptors (Lipinski definition) is 4. The molecule has 0 spiro atoms. The van der Waals surface area contributed by atoms with Crippen LogP contribution in [0, 0.1) is 5.41 Å². The van der Waals surface area contributed by atoms with Crippen molar-refractivity contribution in [1.29, 1.82) is 0 Å². The fourth-order valence-corrected chi connectivity index (χ4v) is 5.40. The van der Waals surface area contributed by atoms with Crippen molar-refractivity contribution >= 4 is 34.8 Å². The van der Waals surface area contributed by atoms with E-state index in [9.17, 15) is 9.59 Å². The third kappa shape index (κ3) is 7.09. The predicted molar refractivity (Wildman–Crippen MR) is 141 cm³/mol. The van der Waals surface area contributed by atoms with Crippen molar-refractivity contribution in [2.24, 2.45) is 5.41 Å². The van der Waals surface area contributed by atoms with E-state index in [2.05, 4.69) is 0 Å². The highest BCUT2D eigenvalue weighted by atomic mass is 35.5. The van der Waals surface area contributed by atoms with Gasteiger partial charge in [0.25, 0.3) is 0 Å². The van der Waals surface area contributed by atoms with Gasteiger partial charge in [0.15, 0.2) is 0 Å². The second-order valence-corrected chi connectivity index (χ2v) is 10.8. The SMILES string of the molecule is CN(Cc1ccccc1)C(=O)C[C@@]1(COc2ccc(Cl)cc2)CCCN(C(=O)Cc2cccs2)C1. The third-order valence-electron chi connectivity index (χ3n) is 6.49. The highest BCUT2D eigenvalue weighted by Gasteiger charge is 2.40. The Labute approximate surface area is 216 Å². The maximum Gasteiger partial charge on any atom is 0.227 e. The van der Waals surface area contributed by atoms with E-state index in [1.807, 2.05) is 71.9 Å². The minimum Gasteiger partial charge on any atom is -0.493 e. The number of piperidine rings is 1. The highest BCUT2D eigenvalue weighted by Crippen LogP contribution is 2.36. The number of benzene rings is 2. The van der Waals surface area contributed by atoms with Crippen LogP contribution < -0.4 is 4.74 Å². The Kier molecular flexibility index (Phi) is 8.47. The van der Waals surface area contributed by atoms with Crippen molar-refractivity contribution in [3.8, 4) is 5.75 Å². The van der Waals surface area contributed by atoms with Crippen LogP contribution in [-0.4, -0.2) is 48.4 Å². The van der Waals surface area contributed by atoms with Gasteiger partial charge in [-0.05, 0) is 54.1 Å². The van der Waals surface area contributed by atoms with Crippen molar-refractivity contribution in [2.45, 2.75) is 32.2 Å². The topological polar surface area (TPSA) is 49.9 Å². The van der Waals surface area contributed by atoms with Gasteiger partial charge in [0.1, 0.15) is 5.75 Å². The van der Waals surface area contributed by atoms with Gasteiger partial charge in [-0.25, -0.2) is 0 Å². The van der Waals surface area contributed by atoms with Crippen LogP contribution in [0.3, 0.4) is 0 Å². The molecule has 0 radical (unpaired) electrons. The first-order valence-electron chi connectivity index (χ1n) is 11.9. The summed E-state index contributed by atoms with van der Waals surface area (Å²) in [5, 5.41) is 2.64. The Morgan fingerprint density at radius 2 is 1.86 bits per heavy atom. The summed E-state index contributed by atoms with van der Waals surface area (Å²) in [7, 11) is 1.84. The Morgan fingerprint density at radius 1 is 1.09 bits per heavy atom. The largest absolute Gasteiger partial charge is 0.493 e. The van der Waals surface area contributed by atoms with Gasteiger partial charge in [-0.2, -0.15) is 0 Å². The average molecular weight is 511 g/mol. The average Bonchev–Trinajstić information content (AvgIpc) is 3.37. The van der Waals surface area contributed by atoms with E-state index in [-0.39, 0.29) is 11.8 Å². The van der Waals surface area contributed by atoms with Crippen molar-refractivity contribution in [3.05, 3.63) is 87.6 Å². The number of hydrogen-bond donors (Lipinski definition) is 0. The number of ether oxygens (including phenoxy) is 1. The van der Waals surface area contributed by atoms with Crippen molar-refractivity contribution in [2.75, 3.05) is 26.7 Å². The molecular formula is C28H31ClN2O3S. The quantitative estimate of drug-likeness (QED) is 0.372. The molecule has 2 heterocycles. The van der Waals surface area contributed by atoms with Crippen molar-refractivity contribution < 1.29 is 14.3 Å². The van der Waals surface area contributed by atoms with Crippen LogP contribution in [-0.2, 0) is 22.6 Å². The molecule has 0 bridgehead atoms. The fraction of sp³-hybridized carbons (Fsp3) is 0.357. The number of amides is 2. The Bertz CT molecular complexity index is 1110. The van der Waals surface area contributed by atoms with E-state index in [0.717, 1.165) is 23.3 Å². The fourth-order valence-electron chi connectivity index (χ4n) is 4.58. The molecule has 1 fully saturated rings. The molecule has 2 amide bonds. The summed E-state index contributed by atoms with van der Waals surface area (Å²) < 4.78 is 6.17. The molecule has 1 aromatic heterocycles. The molecule has 35 heavy (non-hydrogen) atoms. The number of thiophene rings is 1. The lowest BCUT2D eigenvalue weighted by Gasteiger charge is -2.43. The molecule has 0 aliphatic carbocycles. The summed E-state index contributed by atoms with van der Waals surface area (Å²) in [6, 6.07) is 21.2. The van der Waals surface area contributed by atoms with Crippen LogP contribution in [0.4, 0.5) is 0 Å². The zero-order valence-corrected chi connectivity index (χ0v) is 21.6. The van der Waals surface area contributed by atoms with Crippen LogP contribution in [0.2, 0.25) is 5.02 Å². The first kappa shape index (κ1) is 25.3. The van der Waals surface area contributed by atoms with Crippen LogP contribution in [0.5, 0.6) is 5.75 Å². The van der Waals surface area contributed by atoms with Gasteiger partial charge in [-0.1, -0.05) is 48.0 Å². The molecule has 1 aliphatic rings. The van der Waals surface area contributed by atoms with Gasteiger partial charge in [-0.3, -0.25) is 9.59 Å². The maximum absolute atomic E-state index is 13.4. The monoisotopic (exact) mass is 510 g/mol.